The molecule has 6 aromatic rings. The molecule has 0 saturated carbocycles. The zero-order valence-corrected chi connectivity index (χ0v) is 40.8. The lowest BCUT2D eigenvalue weighted by molar-refractivity contribution is -0.156. The molecule has 18 heteroatoms. The molecule has 18 nitrogen and oxygen atoms in total. The zero-order chi connectivity index (χ0) is 48.2. The number of carboxylic acid groups (broad SMARTS) is 1. The maximum atomic E-state index is 11.8. The molecule has 0 radical (unpaired) electrons. The van der Waals surface area contributed by atoms with Gasteiger partial charge in [0, 0.05) is 124 Å². The lowest BCUT2D eigenvalue weighted by Gasteiger charge is -2.36. The highest BCUT2D eigenvalue weighted by Gasteiger charge is 2.21. The molecule has 8 rings (SSSR count). The number of aliphatic carboxylic acids is 1. The van der Waals surface area contributed by atoms with Crippen molar-refractivity contribution < 1.29 is 28.9 Å². The highest BCUT2D eigenvalue weighted by Crippen LogP contribution is 2.32. The van der Waals surface area contributed by atoms with Crippen LogP contribution in [-0.4, -0.2) is 154 Å². The highest BCUT2D eigenvalue weighted by atomic mass is 16.6. The third-order valence-corrected chi connectivity index (χ3v) is 12.4. The van der Waals surface area contributed by atoms with Crippen LogP contribution >= 0.6 is 0 Å². The fraction of sp³-hybridized carbons (Fsp3) is 0.560. The number of aromatic nitrogens is 6. The van der Waals surface area contributed by atoms with E-state index in [9.17, 15) is 9.59 Å². The van der Waals surface area contributed by atoms with Gasteiger partial charge in [0.1, 0.15) is 16.6 Å². The van der Waals surface area contributed by atoms with Gasteiger partial charge in [-0.15, -0.1) is 0 Å². The van der Waals surface area contributed by atoms with Gasteiger partial charge in [0.25, 0.3) is 0 Å². The van der Waals surface area contributed by atoms with E-state index in [4.69, 9.17) is 30.8 Å². The molecule has 2 aliphatic heterocycles. The number of hydrogen-bond donors (Lipinski definition) is 3. The van der Waals surface area contributed by atoms with Gasteiger partial charge >= 0.3 is 11.9 Å². The highest BCUT2D eigenvalue weighted by molar-refractivity contribution is 6.09. The maximum absolute atomic E-state index is 11.8. The Balaban J connectivity index is 0.000000203. The summed E-state index contributed by atoms with van der Waals surface area (Å²) in [6, 6.07) is 12.9. The monoisotopic (exact) mass is 937 g/mol. The SMILES string of the molecule is CCCCn1cc2c(n1)c(N)nc1cc(N3CCN(CCOCCC(=O)O)CC3)ccc12.CCCCn1cc2c(n1)c(N)nc1cc(N3CCN(CCOCCC(=O)OC(C)(C)C)CC3)ccc12. The number of nitrogen functional groups attached to an aromatic ring is 2. The lowest BCUT2D eigenvalue weighted by Crippen LogP contribution is -2.47. The number of benzene rings is 2. The van der Waals surface area contributed by atoms with Crippen LogP contribution in [0.25, 0.3) is 43.6 Å². The number of nitrogens with two attached hydrogens (primary N) is 2. The second kappa shape index (κ2) is 23.5. The first-order chi connectivity index (χ1) is 32.8. The molecule has 0 aliphatic carbocycles. The number of anilines is 4. The molecule has 0 amide bonds. The first kappa shape index (κ1) is 50.1. The first-order valence-corrected chi connectivity index (χ1v) is 24.4. The van der Waals surface area contributed by atoms with Gasteiger partial charge in [0.15, 0.2) is 11.6 Å². The van der Waals surface area contributed by atoms with Crippen molar-refractivity contribution in [1.82, 2.24) is 39.3 Å². The molecular formula is C50H72N12O6. The summed E-state index contributed by atoms with van der Waals surface area (Å²) in [5.41, 5.74) is 17.8. The van der Waals surface area contributed by atoms with E-state index in [0.717, 1.165) is 154 Å². The van der Waals surface area contributed by atoms with Gasteiger partial charge in [0.05, 0.1) is 50.3 Å². The summed E-state index contributed by atoms with van der Waals surface area (Å²) in [4.78, 5) is 41.1. The number of unbranched alkanes of at least 4 members (excludes halogenated alkanes) is 2. The van der Waals surface area contributed by atoms with Crippen molar-refractivity contribution in [3.63, 3.8) is 0 Å². The van der Waals surface area contributed by atoms with Crippen LogP contribution in [0, 0.1) is 0 Å². The zero-order valence-electron chi connectivity index (χ0n) is 40.8. The van der Waals surface area contributed by atoms with Crippen LogP contribution in [0.3, 0.4) is 0 Å². The van der Waals surface area contributed by atoms with Crippen molar-refractivity contribution in [2.75, 3.05) is 113 Å². The Labute approximate surface area is 399 Å². The van der Waals surface area contributed by atoms with Crippen molar-refractivity contribution in [3.8, 4) is 0 Å². The molecule has 2 saturated heterocycles. The number of piperazine rings is 2. The number of carbonyl (C=O) groups is 2. The number of rotatable bonds is 20. The number of pyridine rings is 2. The smallest absolute Gasteiger partial charge is 0.308 e. The maximum Gasteiger partial charge on any atom is 0.308 e. The minimum atomic E-state index is -0.823. The Hall–Kier alpha value is -5.82. The number of carbonyl (C=O) groups excluding carboxylic acids is 1. The van der Waals surface area contributed by atoms with E-state index in [1.54, 1.807) is 0 Å². The molecule has 4 aromatic heterocycles. The topological polar surface area (TPSA) is 208 Å². The molecule has 0 spiro atoms. The number of ether oxygens (including phenoxy) is 3. The van der Waals surface area contributed by atoms with E-state index in [1.807, 2.05) is 30.1 Å². The van der Waals surface area contributed by atoms with E-state index in [2.05, 4.69) is 102 Å². The van der Waals surface area contributed by atoms with Crippen LogP contribution < -0.4 is 21.3 Å². The fourth-order valence-corrected chi connectivity index (χ4v) is 8.68. The van der Waals surface area contributed by atoms with Gasteiger partial charge in [-0.3, -0.25) is 28.8 Å². The van der Waals surface area contributed by atoms with Gasteiger partial charge in [-0.2, -0.15) is 10.2 Å². The van der Waals surface area contributed by atoms with Gasteiger partial charge in [0.2, 0.25) is 0 Å². The van der Waals surface area contributed by atoms with Gasteiger partial charge in [-0.1, -0.05) is 38.8 Å². The molecule has 368 valence electrons. The summed E-state index contributed by atoms with van der Waals surface area (Å²) in [7, 11) is 0. The van der Waals surface area contributed by atoms with E-state index in [1.165, 1.54) is 5.69 Å². The Morgan fingerprint density at radius 3 is 1.47 bits per heavy atom. The van der Waals surface area contributed by atoms with Crippen molar-refractivity contribution in [1.29, 1.82) is 0 Å². The molecule has 0 unspecified atom stereocenters. The molecule has 0 bridgehead atoms. The Morgan fingerprint density at radius 1 is 0.618 bits per heavy atom. The van der Waals surface area contributed by atoms with Crippen LogP contribution in [0.5, 0.6) is 0 Å². The summed E-state index contributed by atoms with van der Waals surface area (Å²) in [5.74, 6) is -0.0703. The van der Waals surface area contributed by atoms with Crippen molar-refractivity contribution in [2.24, 2.45) is 0 Å². The van der Waals surface area contributed by atoms with E-state index >= 15 is 0 Å². The van der Waals surface area contributed by atoms with E-state index in [0.29, 0.717) is 31.5 Å². The van der Waals surface area contributed by atoms with Crippen LogP contribution in [0.15, 0.2) is 48.8 Å². The minimum absolute atomic E-state index is 0.0557. The van der Waals surface area contributed by atoms with Gasteiger partial charge in [-0.05, 0) is 57.9 Å². The molecule has 5 N–H and O–H groups in total. The number of aryl methyl sites for hydroxylation is 2. The Morgan fingerprint density at radius 2 is 1.06 bits per heavy atom. The lowest BCUT2D eigenvalue weighted by atomic mass is 10.1. The van der Waals surface area contributed by atoms with Crippen molar-refractivity contribution in [3.05, 3.63) is 48.8 Å². The predicted octanol–water partition coefficient (Wildman–Crippen LogP) is 6.42. The van der Waals surface area contributed by atoms with Gasteiger partial charge in [-0.25, -0.2) is 9.97 Å². The van der Waals surface area contributed by atoms with E-state index in [-0.39, 0.29) is 25.4 Å². The van der Waals surface area contributed by atoms with Crippen molar-refractivity contribution in [2.45, 2.75) is 91.8 Å². The summed E-state index contributed by atoms with van der Waals surface area (Å²) in [5, 5.41) is 22.2. The number of fused-ring (bicyclic) bond motifs is 6. The minimum Gasteiger partial charge on any atom is -0.481 e. The number of carboxylic acids is 1. The average molecular weight is 937 g/mol. The van der Waals surface area contributed by atoms with Crippen molar-refractivity contribution >= 4 is 78.6 Å². The molecule has 2 aliphatic rings. The second-order valence-electron chi connectivity index (χ2n) is 18.8. The summed E-state index contributed by atoms with van der Waals surface area (Å²) < 4.78 is 20.4. The van der Waals surface area contributed by atoms with Crippen LogP contribution in [-0.2, 0) is 36.9 Å². The molecule has 0 atom stereocenters. The Bertz CT molecular complexity index is 2610. The number of nitrogens with zero attached hydrogens (tertiary/aromatic N) is 10. The molecule has 2 aromatic carbocycles. The quantitative estimate of drug-likeness (QED) is 0.0558. The third kappa shape index (κ3) is 13.5. The standard InChI is InChI=1S/C27H40N6O3.C23H32N6O3/c1-5-6-10-33-19-22-21-8-7-20(18-23(21)29-26(28)25(22)30-33)32-13-11-31(12-14-32)15-17-35-16-9-24(34)36-27(2,3)4;1-2-3-7-29-16-19-18-5-4-17(15-20(18)25-23(24)22(19)26-29)28-10-8-27(9-11-28)12-14-32-13-6-21(30)31/h7-8,18-19H,5-6,9-17H2,1-4H3,(H2,28,29);4-5,15-16H,2-3,6-14H2,1H3,(H2,24,25)(H,30,31). The summed E-state index contributed by atoms with van der Waals surface area (Å²) in [6.45, 7) is 22.8. The summed E-state index contributed by atoms with van der Waals surface area (Å²) >= 11 is 0. The first-order valence-electron chi connectivity index (χ1n) is 24.4. The molecule has 2 fully saturated rings. The van der Waals surface area contributed by atoms with Crippen LogP contribution in [0.1, 0.15) is 73.1 Å². The predicted molar refractivity (Wildman–Crippen MR) is 270 cm³/mol. The van der Waals surface area contributed by atoms with Crippen LogP contribution in [0.2, 0.25) is 0 Å². The molecular weight excluding hydrogens is 865 g/mol. The molecule has 68 heavy (non-hydrogen) atoms. The largest absolute Gasteiger partial charge is 0.481 e. The van der Waals surface area contributed by atoms with Gasteiger partial charge < -0.3 is 40.6 Å². The normalized spacial score (nSPS) is 15.1. The number of esters is 1. The van der Waals surface area contributed by atoms with Crippen LogP contribution in [0.4, 0.5) is 23.0 Å². The molecule has 6 heterocycles. The number of hydrogen-bond acceptors (Lipinski definition) is 15. The fourth-order valence-electron chi connectivity index (χ4n) is 8.68. The van der Waals surface area contributed by atoms with E-state index < -0.39 is 11.6 Å². The average Bonchev–Trinajstić information content (AvgIpc) is 3.96. The second-order valence-corrected chi connectivity index (χ2v) is 18.8. The summed E-state index contributed by atoms with van der Waals surface area (Å²) in [6.07, 6.45) is 8.96. The Kier molecular flexibility index (Phi) is 17.3. The third-order valence-electron chi connectivity index (χ3n) is 12.4.